The van der Waals surface area contributed by atoms with E-state index in [1.807, 2.05) is 6.07 Å². The molecule has 1 fully saturated rings. The fraction of sp³-hybridized carbons (Fsp3) is 0.545. The zero-order chi connectivity index (χ0) is 10.7. The molecule has 0 aromatic carbocycles. The second kappa shape index (κ2) is 4.57. The molecule has 0 bridgehead atoms. The first-order valence-electron chi connectivity index (χ1n) is 5.28. The summed E-state index contributed by atoms with van der Waals surface area (Å²) >= 11 is 0. The third-order valence-electron chi connectivity index (χ3n) is 2.85. The second-order valence-electron chi connectivity index (χ2n) is 3.93. The molecular formula is C11H15FN2O. The molecule has 1 N–H and O–H groups in total. The van der Waals surface area contributed by atoms with Crippen molar-refractivity contribution in [2.24, 2.45) is 5.92 Å². The monoisotopic (exact) mass is 210 g/mol. The van der Waals surface area contributed by atoms with Gasteiger partial charge in [-0.15, -0.1) is 0 Å². The molecule has 1 aromatic heterocycles. The summed E-state index contributed by atoms with van der Waals surface area (Å²) in [6, 6.07) is 4.85. The lowest BCUT2D eigenvalue weighted by molar-refractivity contribution is 0.263. The number of anilines is 1. The van der Waals surface area contributed by atoms with Crippen LogP contribution < -0.4 is 4.90 Å². The second-order valence-corrected chi connectivity index (χ2v) is 3.93. The molecule has 1 aromatic rings. The van der Waals surface area contributed by atoms with Crippen molar-refractivity contribution in [1.29, 1.82) is 0 Å². The third kappa shape index (κ3) is 2.45. The molecule has 1 aliphatic heterocycles. The van der Waals surface area contributed by atoms with Crippen LogP contribution in [0.25, 0.3) is 0 Å². The lowest BCUT2D eigenvalue weighted by Crippen LogP contribution is -2.21. The van der Waals surface area contributed by atoms with Gasteiger partial charge in [-0.2, -0.15) is 4.39 Å². The molecule has 0 unspecified atom stereocenters. The minimum absolute atomic E-state index is 0.231. The maximum absolute atomic E-state index is 12.9. The van der Waals surface area contributed by atoms with Crippen molar-refractivity contribution in [3.05, 3.63) is 24.1 Å². The fourth-order valence-electron chi connectivity index (χ4n) is 2.03. The minimum atomic E-state index is -0.432. The van der Waals surface area contributed by atoms with Crippen molar-refractivity contribution < 1.29 is 9.50 Å². The van der Waals surface area contributed by atoms with E-state index in [1.54, 1.807) is 6.07 Å². The summed E-state index contributed by atoms with van der Waals surface area (Å²) in [7, 11) is 0. The summed E-state index contributed by atoms with van der Waals surface area (Å²) in [6.07, 6.45) is 1.88. The van der Waals surface area contributed by atoms with Crippen molar-refractivity contribution in [3.63, 3.8) is 0 Å². The average molecular weight is 210 g/mol. The number of aliphatic hydroxyl groups excluding tert-OH is 1. The highest BCUT2D eigenvalue weighted by Crippen LogP contribution is 2.23. The number of pyridine rings is 1. The van der Waals surface area contributed by atoms with Crippen LogP contribution in [-0.4, -0.2) is 29.8 Å². The predicted octanol–water partition coefficient (Wildman–Crippen LogP) is 1.43. The van der Waals surface area contributed by atoms with Gasteiger partial charge in [0.15, 0.2) is 0 Å². The molecule has 4 heteroatoms. The molecular weight excluding hydrogens is 195 g/mol. The Morgan fingerprint density at radius 3 is 3.13 bits per heavy atom. The average Bonchev–Trinajstić information content (AvgIpc) is 2.67. The zero-order valence-corrected chi connectivity index (χ0v) is 8.56. The van der Waals surface area contributed by atoms with Gasteiger partial charge in [-0.25, -0.2) is 4.98 Å². The maximum Gasteiger partial charge on any atom is 0.214 e. The highest BCUT2D eigenvalue weighted by atomic mass is 19.1. The van der Waals surface area contributed by atoms with E-state index < -0.39 is 5.95 Å². The van der Waals surface area contributed by atoms with Crippen LogP contribution in [0.15, 0.2) is 18.2 Å². The van der Waals surface area contributed by atoms with E-state index in [0.717, 1.165) is 25.9 Å². The van der Waals surface area contributed by atoms with Crippen LogP contribution >= 0.6 is 0 Å². The highest BCUT2D eigenvalue weighted by Gasteiger charge is 2.22. The summed E-state index contributed by atoms with van der Waals surface area (Å²) < 4.78 is 12.9. The summed E-state index contributed by atoms with van der Waals surface area (Å²) in [5, 5.41) is 8.83. The number of halogens is 1. The Hall–Kier alpha value is -1.16. The molecule has 1 atom stereocenters. The Morgan fingerprint density at radius 1 is 1.53 bits per heavy atom. The van der Waals surface area contributed by atoms with E-state index in [1.165, 1.54) is 6.07 Å². The van der Waals surface area contributed by atoms with Crippen LogP contribution in [-0.2, 0) is 0 Å². The van der Waals surface area contributed by atoms with Gasteiger partial charge >= 0.3 is 0 Å². The van der Waals surface area contributed by atoms with Gasteiger partial charge in [-0.3, -0.25) is 0 Å². The number of hydrogen-bond donors (Lipinski definition) is 1. The maximum atomic E-state index is 12.9. The normalized spacial score (nSPS) is 20.9. The number of hydrogen-bond acceptors (Lipinski definition) is 3. The molecule has 0 radical (unpaired) electrons. The summed E-state index contributed by atoms with van der Waals surface area (Å²) in [6.45, 7) is 2.01. The first-order chi connectivity index (χ1) is 7.29. The largest absolute Gasteiger partial charge is 0.396 e. The summed E-state index contributed by atoms with van der Waals surface area (Å²) in [5.41, 5.74) is 0. The molecule has 0 amide bonds. The molecule has 2 rings (SSSR count). The van der Waals surface area contributed by atoms with Crippen LogP contribution in [0.4, 0.5) is 10.2 Å². The Kier molecular flexibility index (Phi) is 3.16. The van der Waals surface area contributed by atoms with E-state index >= 15 is 0 Å². The first kappa shape index (κ1) is 10.4. The smallest absolute Gasteiger partial charge is 0.214 e. The van der Waals surface area contributed by atoms with E-state index in [2.05, 4.69) is 9.88 Å². The van der Waals surface area contributed by atoms with Crippen LogP contribution in [0.2, 0.25) is 0 Å². The molecule has 3 nitrogen and oxygen atoms in total. The molecule has 82 valence electrons. The van der Waals surface area contributed by atoms with Crippen LogP contribution in [0.5, 0.6) is 0 Å². The van der Waals surface area contributed by atoms with Gasteiger partial charge in [0.05, 0.1) is 0 Å². The van der Waals surface area contributed by atoms with Crippen LogP contribution in [0.3, 0.4) is 0 Å². The van der Waals surface area contributed by atoms with Gasteiger partial charge in [0.2, 0.25) is 5.95 Å². The number of nitrogens with zero attached hydrogens (tertiary/aromatic N) is 2. The van der Waals surface area contributed by atoms with Gasteiger partial charge in [0.25, 0.3) is 0 Å². The molecule has 15 heavy (non-hydrogen) atoms. The van der Waals surface area contributed by atoms with Crippen LogP contribution in [0, 0.1) is 11.9 Å². The van der Waals surface area contributed by atoms with Gasteiger partial charge in [0.1, 0.15) is 5.82 Å². The quantitative estimate of drug-likeness (QED) is 0.767. The standard InChI is InChI=1S/C11H15FN2O/c12-10-2-1-3-11(13-10)14-6-4-9(8-14)5-7-15/h1-3,9,15H,4-8H2/t9-/m0/s1. The van der Waals surface area contributed by atoms with Gasteiger partial charge in [-0.05, 0) is 30.9 Å². The van der Waals surface area contributed by atoms with Crippen molar-refractivity contribution in [3.8, 4) is 0 Å². The Morgan fingerprint density at radius 2 is 2.40 bits per heavy atom. The van der Waals surface area contributed by atoms with Crippen molar-refractivity contribution >= 4 is 5.82 Å². The van der Waals surface area contributed by atoms with Crippen molar-refractivity contribution in [1.82, 2.24) is 4.98 Å². The molecule has 1 saturated heterocycles. The van der Waals surface area contributed by atoms with Gasteiger partial charge < -0.3 is 10.0 Å². The topological polar surface area (TPSA) is 36.4 Å². The molecule has 0 spiro atoms. The first-order valence-corrected chi connectivity index (χ1v) is 5.28. The van der Waals surface area contributed by atoms with Crippen molar-refractivity contribution in [2.45, 2.75) is 12.8 Å². The summed E-state index contributed by atoms with van der Waals surface area (Å²) in [4.78, 5) is 5.92. The fourth-order valence-corrected chi connectivity index (χ4v) is 2.03. The highest BCUT2D eigenvalue weighted by molar-refractivity contribution is 5.39. The lowest BCUT2D eigenvalue weighted by Gasteiger charge is -2.16. The van der Waals surface area contributed by atoms with E-state index in [0.29, 0.717) is 11.7 Å². The van der Waals surface area contributed by atoms with Gasteiger partial charge in [-0.1, -0.05) is 6.07 Å². The Labute approximate surface area is 88.6 Å². The molecule has 0 aliphatic carbocycles. The zero-order valence-electron chi connectivity index (χ0n) is 8.56. The van der Waals surface area contributed by atoms with Crippen molar-refractivity contribution in [2.75, 3.05) is 24.6 Å². The molecule has 2 heterocycles. The number of rotatable bonds is 3. The lowest BCUT2D eigenvalue weighted by atomic mass is 10.1. The summed E-state index contributed by atoms with van der Waals surface area (Å²) in [5.74, 6) is 0.786. The van der Waals surface area contributed by atoms with E-state index in [-0.39, 0.29) is 6.61 Å². The van der Waals surface area contributed by atoms with E-state index in [9.17, 15) is 4.39 Å². The molecule has 1 aliphatic rings. The number of aromatic nitrogens is 1. The number of aliphatic hydroxyl groups is 1. The Balaban J connectivity index is 2.01. The minimum Gasteiger partial charge on any atom is -0.396 e. The third-order valence-corrected chi connectivity index (χ3v) is 2.85. The van der Waals surface area contributed by atoms with E-state index in [4.69, 9.17) is 5.11 Å². The van der Waals surface area contributed by atoms with Crippen LogP contribution in [0.1, 0.15) is 12.8 Å². The molecule has 0 saturated carbocycles. The SMILES string of the molecule is OCC[C@@H]1CCN(c2cccc(F)n2)C1. The Bertz CT molecular complexity index is 332. The predicted molar refractivity (Wildman–Crippen MR) is 56.2 cm³/mol. The van der Waals surface area contributed by atoms with Gasteiger partial charge in [0, 0.05) is 19.7 Å².